The van der Waals surface area contributed by atoms with Gasteiger partial charge in [0.2, 0.25) is 17.7 Å². The van der Waals surface area contributed by atoms with Crippen molar-refractivity contribution in [3.05, 3.63) is 24.3 Å². The van der Waals surface area contributed by atoms with Crippen LogP contribution in [0.3, 0.4) is 0 Å². The van der Waals surface area contributed by atoms with Crippen LogP contribution in [-0.4, -0.2) is 43.4 Å². The number of piperazine rings is 1. The van der Waals surface area contributed by atoms with Gasteiger partial charge in [0.1, 0.15) is 12.6 Å². The van der Waals surface area contributed by atoms with Crippen molar-refractivity contribution in [2.45, 2.75) is 6.04 Å². The zero-order valence-corrected chi connectivity index (χ0v) is 10.7. The van der Waals surface area contributed by atoms with Crippen LogP contribution in [0.1, 0.15) is 0 Å². The monoisotopic (exact) mass is 274 g/mol. The lowest BCUT2D eigenvalue weighted by atomic mass is 10.1. The first-order chi connectivity index (χ1) is 9.65. The smallest absolute Gasteiger partial charge is 0.246 e. The fourth-order valence-electron chi connectivity index (χ4n) is 2.36. The third-order valence-electron chi connectivity index (χ3n) is 3.35. The number of anilines is 2. The Morgan fingerprint density at radius 1 is 1.20 bits per heavy atom. The van der Waals surface area contributed by atoms with Gasteiger partial charge in [-0.2, -0.15) is 0 Å². The van der Waals surface area contributed by atoms with E-state index in [9.17, 15) is 14.4 Å². The summed E-state index contributed by atoms with van der Waals surface area (Å²) in [5.74, 6) is -0.574. The van der Waals surface area contributed by atoms with Crippen molar-refractivity contribution in [2.24, 2.45) is 0 Å². The molecule has 7 heteroatoms. The van der Waals surface area contributed by atoms with E-state index in [1.807, 2.05) is 6.07 Å². The van der Waals surface area contributed by atoms with Gasteiger partial charge >= 0.3 is 0 Å². The van der Waals surface area contributed by atoms with Crippen LogP contribution in [0.15, 0.2) is 24.3 Å². The third-order valence-corrected chi connectivity index (χ3v) is 3.35. The van der Waals surface area contributed by atoms with E-state index in [1.165, 1.54) is 4.90 Å². The molecule has 0 radical (unpaired) electrons. The molecular formula is C13H14N4O3. The van der Waals surface area contributed by atoms with E-state index in [0.29, 0.717) is 11.4 Å². The lowest BCUT2D eigenvalue weighted by molar-refractivity contribution is -0.126. The summed E-state index contributed by atoms with van der Waals surface area (Å²) in [6, 6.07) is 6.64. The van der Waals surface area contributed by atoms with Gasteiger partial charge in [-0.25, -0.2) is 0 Å². The average Bonchev–Trinajstić information content (AvgIpc) is 2.46. The number of nitrogens with one attached hydrogen (secondary N) is 3. The van der Waals surface area contributed by atoms with Gasteiger partial charge in [0, 0.05) is 6.54 Å². The van der Waals surface area contributed by atoms with Crippen molar-refractivity contribution in [2.75, 3.05) is 29.9 Å². The van der Waals surface area contributed by atoms with Gasteiger partial charge in [0.25, 0.3) is 0 Å². The fraction of sp³-hybridized carbons (Fsp3) is 0.308. The summed E-state index contributed by atoms with van der Waals surface area (Å²) in [5, 5.41) is 8.25. The number of hydrogen-bond acceptors (Lipinski definition) is 4. The van der Waals surface area contributed by atoms with E-state index in [1.54, 1.807) is 18.2 Å². The Hall–Kier alpha value is -2.41. The number of carbonyl (C=O) groups is 3. The predicted molar refractivity (Wildman–Crippen MR) is 72.2 cm³/mol. The number of rotatable bonds is 1. The molecule has 0 bridgehead atoms. The van der Waals surface area contributed by atoms with Crippen LogP contribution in [0.5, 0.6) is 0 Å². The Bertz CT molecular complexity index is 577. The molecule has 2 heterocycles. The summed E-state index contributed by atoms with van der Waals surface area (Å²) in [7, 11) is 0. The maximum absolute atomic E-state index is 12.5. The summed E-state index contributed by atoms with van der Waals surface area (Å²) in [6.45, 7) is 0.331. The minimum atomic E-state index is -0.508. The second-order valence-corrected chi connectivity index (χ2v) is 4.73. The Kier molecular flexibility index (Phi) is 3.11. The number of benzene rings is 1. The van der Waals surface area contributed by atoms with Crippen molar-refractivity contribution in [1.82, 2.24) is 10.6 Å². The first-order valence-electron chi connectivity index (χ1n) is 6.35. The number of amides is 3. The Labute approximate surface area is 115 Å². The van der Waals surface area contributed by atoms with Crippen LogP contribution in [0.2, 0.25) is 0 Å². The van der Waals surface area contributed by atoms with Crippen LogP contribution in [-0.2, 0) is 14.4 Å². The highest BCUT2D eigenvalue weighted by Gasteiger charge is 2.33. The van der Waals surface area contributed by atoms with E-state index in [2.05, 4.69) is 16.0 Å². The van der Waals surface area contributed by atoms with Gasteiger partial charge in [-0.15, -0.1) is 0 Å². The van der Waals surface area contributed by atoms with Crippen LogP contribution < -0.4 is 20.9 Å². The second-order valence-electron chi connectivity index (χ2n) is 4.73. The summed E-state index contributed by atoms with van der Waals surface area (Å²) in [6.07, 6.45) is 0. The summed E-state index contributed by atoms with van der Waals surface area (Å²) >= 11 is 0. The molecule has 3 rings (SSSR count). The molecule has 104 valence electrons. The fourth-order valence-corrected chi connectivity index (χ4v) is 2.36. The minimum Gasteiger partial charge on any atom is -0.353 e. The number of hydrogen-bond donors (Lipinski definition) is 3. The highest BCUT2D eigenvalue weighted by Crippen LogP contribution is 2.29. The molecule has 2 aliphatic rings. The summed E-state index contributed by atoms with van der Waals surface area (Å²) in [5.41, 5.74) is 1.30. The number of carbonyl (C=O) groups excluding carboxylic acids is 3. The molecule has 1 saturated heterocycles. The SMILES string of the molecule is O=C1CNC(C(=O)N2CC(=O)Nc3ccccc32)CN1. The minimum absolute atomic E-state index is 0.0119. The number of fused-ring (bicyclic) bond motifs is 1. The van der Waals surface area contributed by atoms with Gasteiger partial charge in [-0.1, -0.05) is 12.1 Å². The van der Waals surface area contributed by atoms with Crippen molar-refractivity contribution in [3.63, 3.8) is 0 Å². The van der Waals surface area contributed by atoms with Gasteiger partial charge in [0.15, 0.2) is 0 Å². The first kappa shape index (κ1) is 12.6. The van der Waals surface area contributed by atoms with E-state index in [-0.39, 0.29) is 37.4 Å². The van der Waals surface area contributed by atoms with Gasteiger partial charge in [0.05, 0.1) is 17.9 Å². The average molecular weight is 274 g/mol. The third kappa shape index (κ3) is 2.23. The van der Waals surface area contributed by atoms with E-state index in [4.69, 9.17) is 0 Å². The molecule has 0 aromatic heterocycles. The highest BCUT2D eigenvalue weighted by atomic mass is 16.2. The Morgan fingerprint density at radius 3 is 2.75 bits per heavy atom. The molecule has 0 spiro atoms. The predicted octanol–water partition coefficient (Wildman–Crippen LogP) is -0.940. The molecule has 1 fully saturated rings. The standard InChI is InChI=1S/C13H14N4O3/c18-11-6-14-9(5-15-11)13(20)17-7-12(19)16-8-3-1-2-4-10(8)17/h1-4,9,14H,5-7H2,(H,15,18)(H,16,19). The molecule has 2 aliphatic heterocycles. The topological polar surface area (TPSA) is 90.5 Å². The molecule has 7 nitrogen and oxygen atoms in total. The zero-order valence-electron chi connectivity index (χ0n) is 10.7. The normalized spacial score (nSPS) is 21.8. The van der Waals surface area contributed by atoms with Crippen LogP contribution >= 0.6 is 0 Å². The second kappa shape index (κ2) is 4.93. The van der Waals surface area contributed by atoms with Crippen LogP contribution in [0, 0.1) is 0 Å². The van der Waals surface area contributed by atoms with Gasteiger partial charge in [-0.3, -0.25) is 24.6 Å². The zero-order chi connectivity index (χ0) is 14.1. The molecule has 20 heavy (non-hydrogen) atoms. The van der Waals surface area contributed by atoms with E-state index >= 15 is 0 Å². The largest absolute Gasteiger partial charge is 0.353 e. The van der Waals surface area contributed by atoms with Crippen molar-refractivity contribution < 1.29 is 14.4 Å². The summed E-state index contributed by atoms with van der Waals surface area (Å²) in [4.78, 5) is 36.7. The van der Waals surface area contributed by atoms with Crippen molar-refractivity contribution >= 4 is 29.1 Å². The molecular weight excluding hydrogens is 260 g/mol. The maximum Gasteiger partial charge on any atom is 0.246 e. The van der Waals surface area contributed by atoms with Gasteiger partial charge in [-0.05, 0) is 12.1 Å². The Balaban J connectivity index is 1.84. The lowest BCUT2D eigenvalue weighted by Gasteiger charge is -2.33. The van der Waals surface area contributed by atoms with Crippen LogP contribution in [0.25, 0.3) is 0 Å². The van der Waals surface area contributed by atoms with Gasteiger partial charge < -0.3 is 10.6 Å². The molecule has 1 aromatic carbocycles. The quantitative estimate of drug-likeness (QED) is 0.616. The van der Waals surface area contributed by atoms with Crippen molar-refractivity contribution in [3.8, 4) is 0 Å². The van der Waals surface area contributed by atoms with Crippen molar-refractivity contribution in [1.29, 1.82) is 0 Å². The number of nitrogens with zero attached hydrogens (tertiary/aromatic N) is 1. The molecule has 1 aromatic rings. The first-order valence-corrected chi connectivity index (χ1v) is 6.35. The molecule has 0 aliphatic carbocycles. The molecule has 1 unspecified atom stereocenters. The Morgan fingerprint density at radius 2 is 2.00 bits per heavy atom. The molecule has 3 N–H and O–H groups in total. The molecule has 3 amide bonds. The molecule has 1 atom stereocenters. The highest BCUT2D eigenvalue weighted by molar-refractivity contribution is 6.11. The lowest BCUT2D eigenvalue weighted by Crippen LogP contribution is -2.60. The maximum atomic E-state index is 12.5. The van der Waals surface area contributed by atoms with E-state index in [0.717, 1.165) is 0 Å². The van der Waals surface area contributed by atoms with Crippen LogP contribution in [0.4, 0.5) is 11.4 Å². The molecule has 0 saturated carbocycles. The summed E-state index contributed by atoms with van der Waals surface area (Å²) < 4.78 is 0. The van der Waals surface area contributed by atoms with E-state index < -0.39 is 6.04 Å². The number of para-hydroxylation sites is 2.